The second-order valence-electron chi connectivity index (χ2n) is 7.75. The fraction of sp³-hybridized carbons (Fsp3) is 0.292. The van der Waals surface area contributed by atoms with Gasteiger partial charge in [-0.2, -0.15) is 0 Å². The Kier molecular flexibility index (Phi) is 5.95. The first-order chi connectivity index (χ1) is 15.3. The minimum atomic E-state index is 0.0736. The van der Waals surface area contributed by atoms with E-state index in [1.54, 1.807) is 22.7 Å². The molecule has 0 bridgehead atoms. The van der Waals surface area contributed by atoms with Gasteiger partial charge in [0.15, 0.2) is 5.82 Å². The SMILES string of the molecule is O=C(NCCc1cccs1)C1CCN(c2nc(-c3cccs3)nc3ccccc23)CC1. The molecule has 0 aliphatic carbocycles. The van der Waals surface area contributed by atoms with E-state index < -0.39 is 0 Å². The molecule has 1 saturated heterocycles. The van der Waals surface area contributed by atoms with Crippen LogP contribution >= 0.6 is 22.7 Å². The number of carbonyl (C=O) groups is 1. The molecule has 0 saturated carbocycles. The molecule has 0 unspecified atom stereocenters. The lowest BCUT2D eigenvalue weighted by molar-refractivity contribution is -0.125. The fourth-order valence-corrected chi connectivity index (χ4v) is 5.44. The Morgan fingerprint density at radius 2 is 1.81 bits per heavy atom. The summed E-state index contributed by atoms with van der Waals surface area (Å²) in [6, 6.07) is 16.5. The third-order valence-corrected chi connectivity index (χ3v) is 7.54. The third kappa shape index (κ3) is 4.48. The Labute approximate surface area is 189 Å². The number of hydrogen-bond acceptors (Lipinski definition) is 6. The van der Waals surface area contributed by atoms with Crippen molar-refractivity contribution in [2.45, 2.75) is 19.3 Å². The van der Waals surface area contributed by atoms with Crippen LogP contribution in [0.3, 0.4) is 0 Å². The van der Waals surface area contributed by atoms with E-state index in [1.165, 1.54) is 4.88 Å². The minimum absolute atomic E-state index is 0.0736. The normalized spacial score (nSPS) is 14.8. The number of aromatic nitrogens is 2. The number of benzene rings is 1. The van der Waals surface area contributed by atoms with Crippen molar-refractivity contribution < 1.29 is 4.79 Å². The first kappa shape index (κ1) is 20.2. The Balaban J connectivity index is 1.27. The Bertz CT molecular complexity index is 1150. The molecule has 5 nitrogen and oxygen atoms in total. The van der Waals surface area contributed by atoms with Crippen molar-refractivity contribution in [1.82, 2.24) is 15.3 Å². The zero-order chi connectivity index (χ0) is 21.0. The maximum atomic E-state index is 12.6. The van der Waals surface area contributed by atoms with Gasteiger partial charge in [-0.05, 0) is 54.3 Å². The molecule has 4 aromatic rings. The summed E-state index contributed by atoms with van der Waals surface area (Å²) in [6.45, 7) is 2.36. The van der Waals surface area contributed by atoms with Gasteiger partial charge in [0.05, 0.1) is 10.4 Å². The number of amides is 1. The molecule has 158 valence electrons. The molecule has 1 aliphatic rings. The predicted octanol–water partition coefficient (Wildman–Crippen LogP) is 5.00. The average Bonchev–Trinajstić information content (AvgIpc) is 3.53. The molecule has 0 spiro atoms. The second-order valence-corrected chi connectivity index (χ2v) is 9.73. The van der Waals surface area contributed by atoms with Crippen LogP contribution in [0.5, 0.6) is 0 Å². The highest BCUT2D eigenvalue weighted by Crippen LogP contribution is 2.31. The van der Waals surface area contributed by atoms with Crippen LogP contribution in [0.15, 0.2) is 59.3 Å². The van der Waals surface area contributed by atoms with Gasteiger partial charge in [0.1, 0.15) is 5.82 Å². The van der Waals surface area contributed by atoms with Crippen molar-refractivity contribution >= 4 is 45.3 Å². The van der Waals surface area contributed by atoms with E-state index in [-0.39, 0.29) is 11.8 Å². The van der Waals surface area contributed by atoms with E-state index in [2.05, 4.69) is 45.2 Å². The van der Waals surface area contributed by atoms with E-state index in [0.29, 0.717) is 6.54 Å². The average molecular weight is 449 g/mol. The monoisotopic (exact) mass is 448 g/mol. The number of nitrogens with one attached hydrogen (secondary N) is 1. The summed E-state index contributed by atoms with van der Waals surface area (Å²) < 4.78 is 0. The van der Waals surface area contributed by atoms with E-state index in [9.17, 15) is 4.79 Å². The molecule has 3 aromatic heterocycles. The molecule has 5 rings (SSSR count). The van der Waals surface area contributed by atoms with E-state index >= 15 is 0 Å². The number of piperidine rings is 1. The largest absolute Gasteiger partial charge is 0.356 e. The van der Waals surface area contributed by atoms with Crippen LogP contribution in [-0.4, -0.2) is 35.5 Å². The van der Waals surface area contributed by atoms with Gasteiger partial charge in [0.2, 0.25) is 5.91 Å². The summed E-state index contributed by atoms with van der Waals surface area (Å²) in [7, 11) is 0. The standard InChI is InChI=1S/C24H24N4OS2/c29-24(25-12-9-18-5-3-15-30-18)17-10-13-28(14-11-17)23-19-6-1-2-7-20(19)26-22(27-23)21-8-4-16-31-21/h1-8,15-17H,9-14H2,(H,25,29). The maximum Gasteiger partial charge on any atom is 0.223 e. The van der Waals surface area contributed by atoms with Gasteiger partial charge in [0, 0.05) is 35.8 Å². The number of para-hydroxylation sites is 1. The first-order valence-corrected chi connectivity index (χ1v) is 12.4. The van der Waals surface area contributed by atoms with Gasteiger partial charge in [-0.25, -0.2) is 9.97 Å². The van der Waals surface area contributed by atoms with E-state index in [0.717, 1.165) is 59.8 Å². The van der Waals surface area contributed by atoms with Gasteiger partial charge in [-0.3, -0.25) is 4.79 Å². The van der Waals surface area contributed by atoms with Crippen LogP contribution in [0.2, 0.25) is 0 Å². The Hall–Kier alpha value is -2.77. The molecular weight excluding hydrogens is 424 g/mol. The van der Waals surface area contributed by atoms with Crippen LogP contribution < -0.4 is 10.2 Å². The van der Waals surface area contributed by atoms with Gasteiger partial charge in [0.25, 0.3) is 0 Å². The maximum absolute atomic E-state index is 12.6. The van der Waals surface area contributed by atoms with Gasteiger partial charge in [-0.15, -0.1) is 22.7 Å². The molecule has 31 heavy (non-hydrogen) atoms. The van der Waals surface area contributed by atoms with Crippen molar-refractivity contribution in [2.24, 2.45) is 5.92 Å². The van der Waals surface area contributed by atoms with Crippen LogP contribution in [0.4, 0.5) is 5.82 Å². The number of hydrogen-bond donors (Lipinski definition) is 1. The molecule has 1 amide bonds. The Morgan fingerprint density at radius 1 is 1.00 bits per heavy atom. The molecule has 4 heterocycles. The number of anilines is 1. The van der Waals surface area contributed by atoms with Gasteiger partial charge >= 0.3 is 0 Å². The summed E-state index contributed by atoms with van der Waals surface area (Å²) in [4.78, 5) is 27.1. The molecule has 0 radical (unpaired) electrons. The minimum Gasteiger partial charge on any atom is -0.356 e. The molecular formula is C24H24N4OS2. The fourth-order valence-electron chi connectivity index (χ4n) is 4.08. The first-order valence-electron chi connectivity index (χ1n) is 10.6. The van der Waals surface area contributed by atoms with Crippen molar-refractivity contribution in [1.29, 1.82) is 0 Å². The molecule has 1 fully saturated rings. The summed E-state index contributed by atoms with van der Waals surface area (Å²) in [5.74, 6) is 2.01. The summed E-state index contributed by atoms with van der Waals surface area (Å²) in [5, 5.41) is 8.33. The van der Waals surface area contributed by atoms with Crippen molar-refractivity contribution in [3.05, 3.63) is 64.2 Å². The molecule has 1 aromatic carbocycles. The topological polar surface area (TPSA) is 58.1 Å². The zero-order valence-corrected chi connectivity index (χ0v) is 18.8. The van der Waals surface area contributed by atoms with Gasteiger partial charge in [-0.1, -0.05) is 24.3 Å². The highest BCUT2D eigenvalue weighted by Gasteiger charge is 2.26. The van der Waals surface area contributed by atoms with Crippen LogP contribution in [-0.2, 0) is 11.2 Å². The molecule has 7 heteroatoms. The summed E-state index contributed by atoms with van der Waals surface area (Å²) >= 11 is 3.39. The number of nitrogens with zero attached hydrogens (tertiary/aromatic N) is 3. The lowest BCUT2D eigenvalue weighted by Gasteiger charge is -2.33. The molecule has 1 N–H and O–H groups in total. The lowest BCUT2D eigenvalue weighted by Crippen LogP contribution is -2.41. The number of thiophene rings is 2. The highest BCUT2D eigenvalue weighted by molar-refractivity contribution is 7.13. The quantitative estimate of drug-likeness (QED) is 0.451. The van der Waals surface area contributed by atoms with Crippen LogP contribution in [0, 0.1) is 5.92 Å². The second kappa shape index (κ2) is 9.16. The molecule has 1 aliphatic heterocycles. The van der Waals surface area contributed by atoms with Crippen molar-refractivity contribution in [2.75, 3.05) is 24.5 Å². The van der Waals surface area contributed by atoms with Crippen LogP contribution in [0.1, 0.15) is 17.7 Å². The lowest BCUT2D eigenvalue weighted by atomic mass is 9.95. The summed E-state index contributed by atoms with van der Waals surface area (Å²) in [6.07, 6.45) is 2.59. The third-order valence-electron chi connectivity index (χ3n) is 5.74. The number of rotatable bonds is 6. The predicted molar refractivity (Wildman–Crippen MR) is 129 cm³/mol. The van der Waals surface area contributed by atoms with E-state index in [4.69, 9.17) is 9.97 Å². The Morgan fingerprint density at radius 3 is 2.58 bits per heavy atom. The van der Waals surface area contributed by atoms with Gasteiger partial charge < -0.3 is 10.2 Å². The zero-order valence-electron chi connectivity index (χ0n) is 17.2. The number of fused-ring (bicyclic) bond motifs is 1. The molecule has 0 atom stereocenters. The van der Waals surface area contributed by atoms with Crippen LogP contribution in [0.25, 0.3) is 21.6 Å². The van der Waals surface area contributed by atoms with Crippen molar-refractivity contribution in [3.63, 3.8) is 0 Å². The van der Waals surface area contributed by atoms with Crippen molar-refractivity contribution in [3.8, 4) is 10.7 Å². The smallest absolute Gasteiger partial charge is 0.223 e. The highest BCUT2D eigenvalue weighted by atomic mass is 32.1. The summed E-state index contributed by atoms with van der Waals surface area (Å²) in [5.41, 5.74) is 0.962. The van der Waals surface area contributed by atoms with E-state index in [1.807, 2.05) is 24.3 Å². The number of carbonyl (C=O) groups excluding carboxylic acids is 1.